The second kappa shape index (κ2) is 7.84. The van der Waals surface area contributed by atoms with Gasteiger partial charge < -0.3 is 13.7 Å². The third kappa shape index (κ3) is 4.16. The fraction of sp³-hybridized carbons (Fsp3) is 0.105. The number of nitrogens with zero attached hydrogens (tertiary/aromatic N) is 2. The van der Waals surface area contributed by atoms with Crippen LogP contribution in [0.1, 0.15) is 15.4 Å². The van der Waals surface area contributed by atoms with Gasteiger partial charge in [0.25, 0.3) is 5.91 Å². The van der Waals surface area contributed by atoms with E-state index in [0.29, 0.717) is 27.9 Å². The zero-order valence-corrected chi connectivity index (χ0v) is 15.7. The van der Waals surface area contributed by atoms with E-state index in [9.17, 15) is 13.6 Å². The molecule has 0 unspecified atom stereocenters. The van der Waals surface area contributed by atoms with E-state index >= 15 is 0 Å². The number of alkyl halides is 2. The van der Waals surface area contributed by atoms with E-state index in [0.717, 1.165) is 4.88 Å². The lowest BCUT2D eigenvalue weighted by Gasteiger charge is -2.05. The molecule has 0 aliphatic rings. The standard InChI is InChI=1S/C19H13F2N3O4S/c1-10-16(11-4-6-12(7-5-11)27-18(20)21)22-19(29-10)23-17(25)13-9-15(28-24-13)14-3-2-8-26-14/h2-9,18H,1H3,(H,22,23,25). The maximum Gasteiger partial charge on any atom is 0.387 e. The Morgan fingerprint density at radius 3 is 2.69 bits per heavy atom. The summed E-state index contributed by atoms with van der Waals surface area (Å²) in [5, 5.41) is 6.79. The second-order valence-electron chi connectivity index (χ2n) is 5.83. The van der Waals surface area contributed by atoms with E-state index in [1.807, 2.05) is 6.92 Å². The Kier molecular flexibility index (Phi) is 5.09. The van der Waals surface area contributed by atoms with E-state index in [2.05, 4.69) is 20.2 Å². The van der Waals surface area contributed by atoms with Gasteiger partial charge in [-0.2, -0.15) is 8.78 Å². The number of carbonyl (C=O) groups is 1. The number of halogens is 2. The van der Waals surface area contributed by atoms with Crippen LogP contribution in [0.25, 0.3) is 22.8 Å². The number of ether oxygens (including phenoxy) is 1. The third-order valence-electron chi connectivity index (χ3n) is 3.88. The highest BCUT2D eigenvalue weighted by atomic mass is 32.1. The Bertz CT molecular complexity index is 1120. The lowest BCUT2D eigenvalue weighted by atomic mass is 10.1. The number of rotatable bonds is 6. The van der Waals surface area contributed by atoms with Gasteiger partial charge >= 0.3 is 6.61 Å². The first-order valence-electron chi connectivity index (χ1n) is 8.34. The molecule has 0 atom stereocenters. The zero-order chi connectivity index (χ0) is 20.4. The lowest BCUT2D eigenvalue weighted by Crippen LogP contribution is -2.11. The molecule has 10 heteroatoms. The molecule has 29 heavy (non-hydrogen) atoms. The van der Waals surface area contributed by atoms with Crippen molar-refractivity contribution in [2.24, 2.45) is 0 Å². The number of hydrogen-bond acceptors (Lipinski definition) is 7. The summed E-state index contributed by atoms with van der Waals surface area (Å²) in [5.41, 5.74) is 1.42. The van der Waals surface area contributed by atoms with Gasteiger partial charge in [-0.1, -0.05) is 5.16 Å². The zero-order valence-electron chi connectivity index (χ0n) is 14.9. The van der Waals surface area contributed by atoms with Gasteiger partial charge in [0.05, 0.1) is 12.0 Å². The second-order valence-corrected chi connectivity index (χ2v) is 7.04. The van der Waals surface area contributed by atoms with Gasteiger partial charge in [0, 0.05) is 16.5 Å². The maximum absolute atomic E-state index is 12.4. The van der Waals surface area contributed by atoms with Gasteiger partial charge in [-0.25, -0.2) is 4.98 Å². The van der Waals surface area contributed by atoms with E-state index < -0.39 is 12.5 Å². The van der Waals surface area contributed by atoms with Crippen LogP contribution in [-0.2, 0) is 0 Å². The van der Waals surface area contributed by atoms with Crippen molar-refractivity contribution in [3.8, 4) is 28.5 Å². The highest BCUT2D eigenvalue weighted by Crippen LogP contribution is 2.32. The Morgan fingerprint density at radius 2 is 2.00 bits per heavy atom. The van der Waals surface area contributed by atoms with Crippen molar-refractivity contribution >= 4 is 22.4 Å². The van der Waals surface area contributed by atoms with Crippen LogP contribution in [0.3, 0.4) is 0 Å². The molecule has 0 fully saturated rings. The van der Waals surface area contributed by atoms with Crippen LogP contribution in [0.5, 0.6) is 5.75 Å². The molecule has 3 aromatic heterocycles. The normalized spacial score (nSPS) is 11.0. The predicted molar refractivity (Wildman–Crippen MR) is 101 cm³/mol. The van der Waals surface area contributed by atoms with E-state index in [1.165, 1.54) is 35.8 Å². The van der Waals surface area contributed by atoms with Crippen molar-refractivity contribution < 1.29 is 27.3 Å². The Balaban J connectivity index is 1.48. The third-order valence-corrected chi connectivity index (χ3v) is 4.76. The van der Waals surface area contributed by atoms with Crippen molar-refractivity contribution in [3.05, 3.63) is 59.3 Å². The summed E-state index contributed by atoms with van der Waals surface area (Å²) in [5.74, 6) is 0.376. The number of aryl methyl sites for hydroxylation is 1. The summed E-state index contributed by atoms with van der Waals surface area (Å²) in [6.45, 7) is -1.04. The molecule has 0 radical (unpaired) electrons. The van der Waals surface area contributed by atoms with Crippen LogP contribution in [0.15, 0.2) is 57.7 Å². The average molecular weight is 417 g/mol. The van der Waals surface area contributed by atoms with Gasteiger partial charge in [-0.15, -0.1) is 11.3 Å². The molecule has 4 rings (SSSR count). The van der Waals surface area contributed by atoms with Crippen molar-refractivity contribution in [2.45, 2.75) is 13.5 Å². The largest absolute Gasteiger partial charge is 0.461 e. The first-order chi connectivity index (χ1) is 14.0. The Hall–Kier alpha value is -3.53. The predicted octanol–water partition coefficient (Wildman–Crippen LogP) is 5.22. The summed E-state index contributed by atoms with van der Waals surface area (Å²) >= 11 is 1.28. The molecule has 1 amide bonds. The fourth-order valence-electron chi connectivity index (χ4n) is 2.59. The monoisotopic (exact) mass is 417 g/mol. The highest BCUT2D eigenvalue weighted by Gasteiger charge is 2.18. The quantitative estimate of drug-likeness (QED) is 0.463. The number of thiazole rings is 1. The van der Waals surface area contributed by atoms with Gasteiger partial charge in [0.2, 0.25) is 5.76 Å². The fourth-order valence-corrected chi connectivity index (χ4v) is 3.42. The topological polar surface area (TPSA) is 90.4 Å². The van der Waals surface area contributed by atoms with Crippen LogP contribution in [0, 0.1) is 6.92 Å². The first kappa shape index (κ1) is 18.8. The van der Waals surface area contributed by atoms with E-state index in [4.69, 9.17) is 8.94 Å². The molecule has 0 aliphatic carbocycles. The summed E-state index contributed by atoms with van der Waals surface area (Å²) in [7, 11) is 0. The molecule has 0 spiro atoms. The minimum absolute atomic E-state index is 0.0588. The minimum Gasteiger partial charge on any atom is -0.461 e. The molecule has 148 valence electrons. The maximum atomic E-state index is 12.4. The smallest absolute Gasteiger partial charge is 0.387 e. The minimum atomic E-state index is -2.88. The molecule has 3 heterocycles. The number of benzene rings is 1. The molecule has 1 N–H and O–H groups in total. The molecule has 4 aromatic rings. The summed E-state index contributed by atoms with van der Waals surface area (Å²) < 4.78 is 39.2. The molecule has 1 aromatic carbocycles. The molecule has 0 saturated carbocycles. The van der Waals surface area contributed by atoms with Gasteiger partial charge in [0.1, 0.15) is 5.75 Å². The van der Waals surface area contributed by atoms with E-state index in [-0.39, 0.29) is 11.4 Å². The Labute approximate surface area is 166 Å². The number of aromatic nitrogens is 2. The molecular weight excluding hydrogens is 404 g/mol. The van der Waals surface area contributed by atoms with Crippen LogP contribution in [-0.4, -0.2) is 22.7 Å². The number of furan rings is 1. The number of anilines is 1. The van der Waals surface area contributed by atoms with Crippen LogP contribution >= 0.6 is 11.3 Å². The molecule has 0 aliphatic heterocycles. The SMILES string of the molecule is Cc1sc(NC(=O)c2cc(-c3ccco3)on2)nc1-c1ccc(OC(F)F)cc1. The lowest BCUT2D eigenvalue weighted by molar-refractivity contribution is -0.0498. The van der Waals surface area contributed by atoms with Crippen LogP contribution in [0.4, 0.5) is 13.9 Å². The number of hydrogen-bond donors (Lipinski definition) is 1. The number of amides is 1. The molecule has 0 saturated heterocycles. The molecule has 0 bridgehead atoms. The van der Waals surface area contributed by atoms with Crippen LogP contribution < -0.4 is 10.1 Å². The summed E-state index contributed by atoms with van der Waals surface area (Å²) in [6.07, 6.45) is 1.49. The summed E-state index contributed by atoms with van der Waals surface area (Å²) in [4.78, 5) is 17.7. The molecular formula is C19H13F2N3O4S. The van der Waals surface area contributed by atoms with Gasteiger partial charge in [0.15, 0.2) is 16.6 Å². The van der Waals surface area contributed by atoms with Crippen LogP contribution in [0.2, 0.25) is 0 Å². The highest BCUT2D eigenvalue weighted by molar-refractivity contribution is 7.16. The number of nitrogens with one attached hydrogen (secondary N) is 1. The van der Waals surface area contributed by atoms with Gasteiger partial charge in [-0.05, 0) is 43.3 Å². The number of carbonyl (C=O) groups excluding carboxylic acids is 1. The van der Waals surface area contributed by atoms with Gasteiger partial charge in [-0.3, -0.25) is 10.1 Å². The average Bonchev–Trinajstić information content (AvgIpc) is 3.42. The van der Waals surface area contributed by atoms with Crippen molar-refractivity contribution in [2.75, 3.05) is 5.32 Å². The van der Waals surface area contributed by atoms with Crippen molar-refractivity contribution in [1.29, 1.82) is 0 Å². The first-order valence-corrected chi connectivity index (χ1v) is 9.16. The van der Waals surface area contributed by atoms with Crippen molar-refractivity contribution in [3.63, 3.8) is 0 Å². The summed E-state index contributed by atoms with van der Waals surface area (Å²) in [6, 6.07) is 11.0. The molecule has 7 nitrogen and oxygen atoms in total. The van der Waals surface area contributed by atoms with E-state index in [1.54, 1.807) is 24.3 Å². The van der Waals surface area contributed by atoms with Crippen molar-refractivity contribution in [1.82, 2.24) is 10.1 Å². The Morgan fingerprint density at radius 1 is 1.21 bits per heavy atom.